The monoisotopic (exact) mass is 356 g/mol. The smallest absolute Gasteiger partial charge is 0.246 e. The van der Waals surface area contributed by atoms with E-state index in [0.717, 1.165) is 0 Å². The normalized spacial score (nSPS) is 21.4. The predicted octanol–water partition coefficient (Wildman–Crippen LogP) is 2.60. The molecule has 0 aliphatic carbocycles. The fraction of sp³-hybridized carbons (Fsp3) is 0.467. The van der Waals surface area contributed by atoms with E-state index < -0.39 is 17.4 Å². The summed E-state index contributed by atoms with van der Waals surface area (Å²) >= 11 is 3.20. The number of benzene rings is 1. The van der Waals surface area contributed by atoms with Gasteiger partial charge in [0.05, 0.1) is 0 Å². The Kier molecular flexibility index (Phi) is 4.37. The predicted molar refractivity (Wildman–Crippen MR) is 81.0 cm³/mol. The Morgan fingerprint density at radius 2 is 2.05 bits per heavy atom. The molecule has 114 valence electrons. The lowest BCUT2D eigenvalue weighted by atomic mass is 9.94. The summed E-state index contributed by atoms with van der Waals surface area (Å²) in [7, 11) is 0. The molecule has 1 N–H and O–H groups in total. The lowest BCUT2D eigenvalue weighted by molar-refractivity contribution is -0.156. The molecule has 2 amide bonds. The Hall–Kier alpha value is -1.43. The molecule has 1 unspecified atom stereocenters. The van der Waals surface area contributed by atoms with E-state index in [0.29, 0.717) is 16.5 Å². The van der Waals surface area contributed by atoms with Crippen LogP contribution in [0.2, 0.25) is 0 Å². The molecule has 0 aromatic heterocycles. The van der Waals surface area contributed by atoms with E-state index in [1.807, 2.05) is 6.92 Å². The van der Waals surface area contributed by atoms with Crippen molar-refractivity contribution in [3.05, 3.63) is 34.1 Å². The minimum absolute atomic E-state index is 0.0782. The summed E-state index contributed by atoms with van der Waals surface area (Å²) in [5.41, 5.74) is -0.605. The number of nitrogens with zero attached hydrogens (tertiary/aromatic N) is 1. The highest BCUT2D eigenvalue weighted by atomic mass is 79.9. The van der Waals surface area contributed by atoms with Crippen LogP contribution in [-0.2, 0) is 16.1 Å². The number of rotatable bonds is 3. The highest BCUT2D eigenvalue weighted by Gasteiger charge is 2.45. The van der Waals surface area contributed by atoms with E-state index in [1.165, 1.54) is 11.0 Å². The number of hydrogen-bond acceptors (Lipinski definition) is 2. The largest absolute Gasteiger partial charge is 0.342 e. The number of piperazine rings is 1. The van der Waals surface area contributed by atoms with Crippen molar-refractivity contribution in [2.24, 2.45) is 0 Å². The van der Waals surface area contributed by atoms with Crippen LogP contribution in [0.15, 0.2) is 22.7 Å². The molecule has 1 saturated heterocycles. The molecule has 1 heterocycles. The van der Waals surface area contributed by atoms with Crippen LogP contribution in [0.1, 0.15) is 32.8 Å². The van der Waals surface area contributed by atoms with Gasteiger partial charge in [0.15, 0.2) is 0 Å². The van der Waals surface area contributed by atoms with Crippen LogP contribution in [0.3, 0.4) is 0 Å². The van der Waals surface area contributed by atoms with E-state index >= 15 is 0 Å². The third-order valence-electron chi connectivity index (χ3n) is 3.85. The van der Waals surface area contributed by atoms with Crippen molar-refractivity contribution in [3.63, 3.8) is 0 Å². The number of amides is 2. The average Bonchev–Trinajstić information content (AvgIpc) is 2.41. The first kappa shape index (κ1) is 15.9. The van der Waals surface area contributed by atoms with Crippen LogP contribution in [0, 0.1) is 5.82 Å². The molecule has 0 spiro atoms. The summed E-state index contributed by atoms with van der Waals surface area (Å²) in [5, 5.41) is 2.71. The molecule has 1 aromatic rings. The highest BCUT2D eigenvalue weighted by molar-refractivity contribution is 9.10. The first-order valence-corrected chi connectivity index (χ1v) is 7.63. The van der Waals surface area contributed by atoms with E-state index in [-0.39, 0.29) is 18.4 Å². The van der Waals surface area contributed by atoms with Crippen molar-refractivity contribution in [2.45, 2.75) is 45.3 Å². The molecule has 2 rings (SSSR count). The van der Waals surface area contributed by atoms with E-state index in [4.69, 9.17) is 0 Å². The average molecular weight is 357 g/mol. The standard InChI is InChI=1S/C15H18BrFN2O2/c1-4-12-13(20)19(15(2,3)14(21)18-12)8-9-5-6-10(16)7-11(9)17/h5-7,12H,4,8H2,1-3H3,(H,18,21). The minimum atomic E-state index is -0.998. The van der Waals surface area contributed by atoms with Gasteiger partial charge in [-0.3, -0.25) is 9.59 Å². The number of halogens is 2. The minimum Gasteiger partial charge on any atom is -0.342 e. The van der Waals surface area contributed by atoms with Crippen LogP contribution in [0.25, 0.3) is 0 Å². The van der Waals surface area contributed by atoms with Crippen LogP contribution in [0.4, 0.5) is 4.39 Å². The summed E-state index contributed by atoms with van der Waals surface area (Å²) in [6.07, 6.45) is 0.514. The van der Waals surface area contributed by atoms with E-state index in [1.54, 1.807) is 26.0 Å². The Morgan fingerprint density at radius 1 is 1.38 bits per heavy atom. The van der Waals surface area contributed by atoms with Crippen molar-refractivity contribution < 1.29 is 14.0 Å². The first-order valence-electron chi connectivity index (χ1n) is 6.83. The SMILES string of the molecule is CCC1NC(=O)C(C)(C)N(Cc2ccc(Br)cc2F)C1=O. The molecule has 21 heavy (non-hydrogen) atoms. The van der Waals surface area contributed by atoms with Gasteiger partial charge in [0.2, 0.25) is 11.8 Å². The van der Waals surface area contributed by atoms with Crippen molar-refractivity contribution in [2.75, 3.05) is 0 Å². The Bertz CT molecular complexity index is 589. The Morgan fingerprint density at radius 3 is 2.62 bits per heavy atom. The zero-order chi connectivity index (χ0) is 15.8. The maximum atomic E-state index is 14.0. The lowest BCUT2D eigenvalue weighted by Gasteiger charge is -2.44. The number of hydrogen-bond donors (Lipinski definition) is 1. The van der Waals surface area contributed by atoms with Gasteiger partial charge < -0.3 is 10.2 Å². The maximum absolute atomic E-state index is 14.0. The molecule has 6 heteroatoms. The van der Waals surface area contributed by atoms with E-state index in [2.05, 4.69) is 21.2 Å². The first-order chi connectivity index (χ1) is 9.77. The molecule has 1 aliphatic rings. The third-order valence-corrected chi connectivity index (χ3v) is 4.34. The van der Waals surface area contributed by atoms with Crippen LogP contribution in [0.5, 0.6) is 0 Å². The fourth-order valence-electron chi connectivity index (χ4n) is 2.36. The molecule has 0 saturated carbocycles. The second-order valence-electron chi connectivity index (χ2n) is 5.65. The molecule has 0 bridgehead atoms. The van der Waals surface area contributed by atoms with Gasteiger partial charge in [0.1, 0.15) is 17.4 Å². The molecule has 0 radical (unpaired) electrons. The summed E-state index contributed by atoms with van der Waals surface area (Å²) < 4.78 is 14.6. The van der Waals surface area contributed by atoms with Gasteiger partial charge in [-0.05, 0) is 32.4 Å². The van der Waals surface area contributed by atoms with Gasteiger partial charge >= 0.3 is 0 Å². The van der Waals surface area contributed by atoms with Gasteiger partial charge in [-0.15, -0.1) is 0 Å². The zero-order valence-electron chi connectivity index (χ0n) is 12.2. The third kappa shape index (κ3) is 2.95. The summed E-state index contributed by atoms with van der Waals surface area (Å²) in [6.45, 7) is 5.25. The van der Waals surface area contributed by atoms with Gasteiger partial charge in [0, 0.05) is 16.6 Å². The number of carbonyl (C=O) groups excluding carboxylic acids is 2. The van der Waals surface area contributed by atoms with Crippen molar-refractivity contribution in [1.82, 2.24) is 10.2 Å². The molecule has 1 fully saturated rings. The highest BCUT2D eigenvalue weighted by Crippen LogP contribution is 2.26. The quantitative estimate of drug-likeness (QED) is 0.904. The van der Waals surface area contributed by atoms with Crippen molar-refractivity contribution in [3.8, 4) is 0 Å². The van der Waals surface area contributed by atoms with Crippen molar-refractivity contribution >= 4 is 27.7 Å². The molecule has 4 nitrogen and oxygen atoms in total. The molecule has 1 aliphatic heterocycles. The topological polar surface area (TPSA) is 49.4 Å². The molecule has 1 aromatic carbocycles. The van der Waals surface area contributed by atoms with Gasteiger partial charge in [-0.25, -0.2) is 4.39 Å². The Balaban J connectivity index is 2.34. The summed E-state index contributed by atoms with van der Waals surface area (Å²) in [6, 6.07) is 4.16. The van der Waals surface area contributed by atoms with Gasteiger partial charge in [0.25, 0.3) is 0 Å². The second kappa shape index (κ2) is 5.75. The van der Waals surface area contributed by atoms with Crippen LogP contribution in [-0.4, -0.2) is 28.3 Å². The number of carbonyl (C=O) groups is 2. The maximum Gasteiger partial charge on any atom is 0.246 e. The van der Waals surface area contributed by atoms with Crippen molar-refractivity contribution in [1.29, 1.82) is 0 Å². The van der Waals surface area contributed by atoms with E-state index in [9.17, 15) is 14.0 Å². The fourth-order valence-corrected chi connectivity index (χ4v) is 2.69. The summed E-state index contributed by atoms with van der Waals surface area (Å²) in [4.78, 5) is 26.1. The van der Waals surface area contributed by atoms with Gasteiger partial charge in [-0.1, -0.05) is 28.9 Å². The second-order valence-corrected chi connectivity index (χ2v) is 6.57. The van der Waals surface area contributed by atoms with Crippen LogP contribution < -0.4 is 5.32 Å². The van der Waals surface area contributed by atoms with Gasteiger partial charge in [-0.2, -0.15) is 0 Å². The Labute approximate surface area is 131 Å². The van der Waals surface area contributed by atoms with Crippen LogP contribution >= 0.6 is 15.9 Å². The molecule has 1 atom stereocenters. The number of nitrogens with one attached hydrogen (secondary N) is 1. The molecular formula is C15H18BrFN2O2. The summed E-state index contributed by atoms with van der Waals surface area (Å²) in [5.74, 6) is -0.789. The lowest BCUT2D eigenvalue weighted by Crippen LogP contribution is -2.67. The molecular weight excluding hydrogens is 339 g/mol. The zero-order valence-corrected chi connectivity index (χ0v) is 13.8.